The lowest BCUT2D eigenvalue weighted by atomic mass is 9.79. The molecule has 3 heterocycles. The molecule has 21 heavy (non-hydrogen) atoms. The number of rotatable bonds is 3. The summed E-state index contributed by atoms with van der Waals surface area (Å²) in [7, 11) is 1.87. The molecule has 114 valence electrons. The van der Waals surface area contributed by atoms with E-state index >= 15 is 0 Å². The Morgan fingerprint density at radius 3 is 3.19 bits per heavy atom. The van der Waals surface area contributed by atoms with E-state index in [0.717, 1.165) is 31.6 Å². The molecule has 3 rings (SSSR count). The zero-order chi connectivity index (χ0) is 14.7. The Morgan fingerprint density at radius 2 is 2.38 bits per heavy atom. The summed E-state index contributed by atoms with van der Waals surface area (Å²) in [6, 6.07) is 5.80. The maximum absolute atomic E-state index is 12.8. The molecule has 3 atom stereocenters. The monoisotopic (exact) mass is 289 g/mol. The third-order valence-electron chi connectivity index (χ3n) is 4.56. The Hall–Kier alpha value is -1.46. The lowest BCUT2D eigenvalue weighted by molar-refractivity contribution is -0.147. The maximum atomic E-state index is 12.8. The van der Waals surface area contributed by atoms with Crippen LogP contribution < -0.4 is 5.32 Å². The Bertz CT molecular complexity index is 478. The summed E-state index contributed by atoms with van der Waals surface area (Å²) in [5.41, 5.74) is 0.929. The van der Waals surface area contributed by atoms with E-state index < -0.39 is 0 Å². The molecule has 5 heteroatoms. The molecule has 0 radical (unpaired) electrons. The molecule has 0 bridgehead atoms. The lowest BCUT2D eigenvalue weighted by Gasteiger charge is -2.41. The summed E-state index contributed by atoms with van der Waals surface area (Å²) in [5.74, 6) is 0.610. The molecule has 0 saturated carbocycles. The van der Waals surface area contributed by atoms with Crippen LogP contribution in [0.3, 0.4) is 0 Å². The van der Waals surface area contributed by atoms with Crippen LogP contribution >= 0.6 is 0 Å². The number of nitrogens with zero attached hydrogens (tertiary/aromatic N) is 2. The van der Waals surface area contributed by atoms with Crippen LogP contribution in [0.1, 0.15) is 18.5 Å². The number of aromatic nitrogens is 1. The minimum absolute atomic E-state index is 0.0743. The van der Waals surface area contributed by atoms with Gasteiger partial charge in [-0.3, -0.25) is 9.78 Å². The van der Waals surface area contributed by atoms with Gasteiger partial charge < -0.3 is 15.0 Å². The summed E-state index contributed by atoms with van der Waals surface area (Å²) in [6.07, 6.45) is 3.85. The Balaban J connectivity index is 1.65. The van der Waals surface area contributed by atoms with Gasteiger partial charge >= 0.3 is 0 Å². The summed E-state index contributed by atoms with van der Waals surface area (Å²) in [6.45, 7) is 3.15. The van der Waals surface area contributed by atoms with E-state index in [2.05, 4.69) is 10.3 Å². The zero-order valence-electron chi connectivity index (χ0n) is 12.5. The molecule has 0 unspecified atom stereocenters. The molecule has 2 saturated heterocycles. The number of fused-ring (bicyclic) bond motifs is 1. The van der Waals surface area contributed by atoms with Crippen molar-refractivity contribution < 1.29 is 9.53 Å². The second-order valence-electron chi connectivity index (χ2n) is 5.98. The van der Waals surface area contributed by atoms with Gasteiger partial charge in [0, 0.05) is 38.2 Å². The van der Waals surface area contributed by atoms with Crippen LogP contribution in [0.2, 0.25) is 0 Å². The average Bonchev–Trinajstić information content (AvgIpc) is 2.54. The predicted octanol–water partition coefficient (Wildman–Crippen LogP) is 1.05. The van der Waals surface area contributed by atoms with Crippen LogP contribution in [-0.4, -0.2) is 48.6 Å². The zero-order valence-corrected chi connectivity index (χ0v) is 12.5. The number of carbonyl (C=O) groups is 1. The molecule has 0 aromatic carbocycles. The van der Waals surface area contributed by atoms with Gasteiger partial charge in [-0.1, -0.05) is 6.07 Å². The van der Waals surface area contributed by atoms with Gasteiger partial charge in [0.1, 0.15) is 0 Å². The first-order valence-corrected chi connectivity index (χ1v) is 7.73. The first kappa shape index (κ1) is 14.5. The first-order valence-electron chi connectivity index (χ1n) is 7.73. The van der Waals surface area contributed by atoms with Crippen LogP contribution in [0.4, 0.5) is 0 Å². The highest BCUT2D eigenvalue weighted by molar-refractivity contribution is 5.79. The van der Waals surface area contributed by atoms with Crippen molar-refractivity contribution in [3.8, 4) is 0 Å². The second-order valence-corrected chi connectivity index (χ2v) is 5.98. The highest BCUT2D eigenvalue weighted by Crippen LogP contribution is 2.31. The molecule has 0 aliphatic carbocycles. The lowest BCUT2D eigenvalue weighted by Crippen LogP contribution is -2.52. The van der Waals surface area contributed by atoms with Crippen molar-refractivity contribution in [3.63, 3.8) is 0 Å². The van der Waals surface area contributed by atoms with Crippen LogP contribution in [0.25, 0.3) is 0 Å². The molecular formula is C16H23N3O2. The Kier molecular flexibility index (Phi) is 4.51. The molecule has 1 aromatic rings. The predicted molar refractivity (Wildman–Crippen MR) is 79.5 cm³/mol. The van der Waals surface area contributed by atoms with Crippen molar-refractivity contribution >= 4 is 5.91 Å². The first-order chi connectivity index (χ1) is 10.3. The molecule has 1 amide bonds. The fraction of sp³-hybridized carbons (Fsp3) is 0.625. The topological polar surface area (TPSA) is 54.5 Å². The number of nitrogens with one attached hydrogen (secondary N) is 1. The van der Waals surface area contributed by atoms with Crippen LogP contribution in [0.15, 0.2) is 24.4 Å². The molecule has 1 N–H and O–H groups in total. The highest BCUT2D eigenvalue weighted by atomic mass is 16.5. The van der Waals surface area contributed by atoms with Gasteiger partial charge in [-0.15, -0.1) is 0 Å². The minimum Gasteiger partial charge on any atom is -0.378 e. The van der Waals surface area contributed by atoms with Crippen molar-refractivity contribution in [1.29, 1.82) is 0 Å². The van der Waals surface area contributed by atoms with Gasteiger partial charge in [0.15, 0.2) is 0 Å². The van der Waals surface area contributed by atoms with Crippen LogP contribution in [0.5, 0.6) is 0 Å². The Labute approximate surface area is 125 Å². The van der Waals surface area contributed by atoms with Gasteiger partial charge in [-0.05, 0) is 31.5 Å². The van der Waals surface area contributed by atoms with E-state index in [0.29, 0.717) is 19.1 Å². The number of amides is 1. The smallest absolute Gasteiger partial charge is 0.226 e. The SMILES string of the molecule is CN(Cc1ccccn1)C(=O)[C@@H]1CCO[C@@H]2CCNC[C@@H]21. The fourth-order valence-corrected chi connectivity index (χ4v) is 3.43. The van der Waals surface area contributed by atoms with Crippen molar-refractivity contribution in [3.05, 3.63) is 30.1 Å². The van der Waals surface area contributed by atoms with E-state index in [-0.39, 0.29) is 17.9 Å². The number of piperidine rings is 1. The van der Waals surface area contributed by atoms with E-state index in [1.165, 1.54) is 0 Å². The van der Waals surface area contributed by atoms with Crippen molar-refractivity contribution in [2.75, 3.05) is 26.7 Å². The second kappa shape index (κ2) is 6.54. The van der Waals surface area contributed by atoms with Crippen molar-refractivity contribution in [2.24, 2.45) is 11.8 Å². The molecule has 5 nitrogen and oxygen atoms in total. The summed E-state index contributed by atoms with van der Waals surface area (Å²) in [4.78, 5) is 18.9. The molecular weight excluding hydrogens is 266 g/mol. The number of ether oxygens (including phenoxy) is 1. The highest BCUT2D eigenvalue weighted by Gasteiger charge is 2.40. The third-order valence-corrected chi connectivity index (χ3v) is 4.56. The summed E-state index contributed by atoms with van der Waals surface area (Å²) < 4.78 is 5.84. The van der Waals surface area contributed by atoms with Gasteiger partial charge in [0.05, 0.1) is 18.3 Å². The average molecular weight is 289 g/mol. The molecule has 2 fully saturated rings. The Morgan fingerprint density at radius 1 is 1.48 bits per heavy atom. The van der Waals surface area contributed by atoms with E-state index in [4.69, 9.17) is 4.74 Å². The normalized spacial score (nSPS) is 28.7. The number of carbonyl (C=O) groups excluding carboxylic acids is 1. The van der Waals surface area contributed by atoms with Gasteiger partial charge in [-0.25, -0.2) is 0 Å². The van der Waals surface area contributed by atoms with E-state index in [9.17, 15) is 4.79 Å². The van der Waals surface area contributed by atoms with Gasteiger partial charge in [-0.2, -0.15) is 0 Å². The summed E-state index contributed by atoms with van der Waals surface area (Å²) in [5, 5.41) is 3.39. The number of hydrogen-bond donors (Lipinski definition) is 1. The van der Waals surface area contributed by atoms with Crippen molar-refractivity contribution in [2.45, 2.75) is 25.5 Å². The quantitative estimate of drug-likeness (QED) is 0.904. The summed E-state index contributed by atoms with van der Waals surface area (Å²) >= 11 is 0. The standard InChI is InChI=1S/C16H23N3O2/c1-19(11-12-4-2-3-7-18-12)16(20)13-6-9-21-15-5-8-17-10-14(13)15/h2-4,7,13-15,17H,5-6,8-11H2,1H3/t13-,14-,15-/m1/s1. The number of hydrogen-bond acceptors (Lipinski definition) is 4. The minimum atomic E-state index is 0.0743. The molecule has 2 aliphatic rings. The molecule has 1 aromatic heterocycles. The van der Waals surface area contributed by atoms with Gasteiger partial charge in [0.2, 0.25) is 5.91 Å². The molecule has 0 spiro atoms. The van der Waals surface area contributed by atoms with E-state index in [1.54, 1.807) is 6.20 Å². The van der Waals surface area contributed by atoms with Crippen LogP contribution in [-0.2, 0) is 16.1 Å². The maximum Gasteiger partial charge on any atom is 0.226 e. The number of pyridine rings is 1. The van der Waals surface area contributed by atoms with Crippen LogP contribution in [0, 0.1) is 11.8 Å². The third kappa shape index (κ3) is 3.24. The fourth-order valence-electron chi connectivity index (χ4n) is 3.43. The molecule has 2 aliphatic heterocycles. The van der Waals surface area contributed by atoms with Gasteiger partial charge in [0.25, 0.3) is 0 Å². The van der Waals surface area contributed by atoms with Crippen molar-refractivity contribution in [1.82, 2.24) is 15.2 Å². The van der Waals surface area contributed by atoms with E-state index in [1.807, 2.05) is 30.1 Å². The largest absolute Gasteiger partial charge is 0.378 e.